The molecule has 274 valence electrons. The SMILES string of the molecule is CCc1ccc(NC(=O)C(=O)NCC(C)(C)CNC(=O)c2ccc(Nc3nc(NC4(c5ccc(Cl)cc5)CC4)nc(OCC(F)(F)F)n3)cc2)cc1. The predicted molar refractivity (Wildman–Crippen MR) is 191 cm³/mol. The summed E-state index contributed by atoms with van der Waals surface area (Å²) in [7, 11) is 0. The molecular weight excluding hydrogens is 701 g/mol. The van der Waals surface area contributed by atoms with E-state index in [0.717, 1.165) is 30.4 Å². The second kappa shape index (κ2) is 15.8. The highest BCUT2D eigenvalue weighted by atomic mass is 35.5. The number of nitrogens with one attached hydrogen (secondary N) is 5. The fourth-order valence-corrected chi connectivity index (χ4v) is 5.13. The summed E-state index contributed by atoms with van der Waals surface area (Å²) in [6.07, 6.45) is -2.27. The number of halogens is 4. The average molecular weight is 739 g/mol. The lowest BCUT2D eigenvalue weighted by Gasteiger charge is -2.25. The van der Waals surface area contributed by atoms with Gasteiger partial charge in [0.25, 0.3) is 5.91 Å². The minimum atomic E-state index is -4.60. The van der Waals surface area contributed by atoms with E-state index >= 15 is 0 Å². The van der Waals surface area contributed by atoms with Crippen LogP contribution in [0.5, 0.6) is 6.01 Å². The van der Waals surface area contributed by atoms with E-state index in [4.69, 9.17) is 16.3 Å². The van der Waals surface area contributed by atoms with Crippen LogP contribution < -0.4 is 31.3 Å². The maximum atomic E-state index is 12.9. The minimum absolute atomic E-state index is 0.0132. The normalized spacial score (nSPS) is 13.4. The number of hydrogen-bond donors (Lipinski definition) is 5. The van der Waals surface area contributed by atoms with E-state index in [2.05, 4.69) is 41.5 Å². The molecule has 52 heavy (non-hydrogen) atoms. The molecule has 1 aromatic heterocycles. The molecule has 12 nitrogen and oxygen atoms in total. The van der Waals surface area contributed by atoms with Crippen LogP contribution in [0.3, 0.4) is 0 Å². The number of carbonyl (C=O) groups excluding carboxylic acids is 3. The number of nitrogens with zero attached hydrogens (tertiary/aromatic N) is 3. The fourth-order valence-electron chi connectivity index (χ4n) is 5.00. The van der Waals surface area contributed by atoms with Crippen molar-refractivity contribution in [1.82, 2.24) is 25.6 Å². The van der Waals surface area contributed by atoms with Gasteiger partial charge in [-0.1, -0.05) is 56.6 Å². The van der Waals surface area contributed by atoms with Crippen molar-refractivity contribution in [3.63, 3.8) is 0 Å². The fraction of sp³-hybridized carbons (Fsp3) is 0.333. The van der Waals surface area contributed by atoms with Crippen LogP contribution in [0.1, 0.15) is 55.1 Å². The topological polar surface area (TPSA) is 159 Å². The Hall–Kier alpha value is -5.44. The van der Waals surface area contributed by atoms with Crippen molar-refractivity contribution in [3.8, 4) is 6.01 Å². The summed E-state index contributed by atoms with van der Waals surface area (Å²) < 4.78 is 43.6. The molecule has 1 aliphatic rings. The van der Waals surface area contributed by atoms with Crippen LogP contribution in [0.4, 0.5) is 36.4 Å². The molecule has 0 bridgehead atoms. The number of alkyl halides is 3. The Morgan fingerprint density at radius 2 is 1.42 bits per heavy atom. The summed E-state index contributed by atoms with van der Waals surface area (Å²) in [5, 5.41) is 14.7. The monoisotopic (exact) mass is 738 g/mol. The van der Waals surface area contributed by atoms with Gasteiger partial charge in [-0.3, -0.25) is 14.4 Å². The first kappa shape index (κ1) is 37.8. The van der Waals surface area contributed by atoms with E-state index in [-0.39, 0.29) is 30.9 Å². The van der Waals surface area contributed by atoms with Gasteiger partial charge in [0.1, 0.15) is 0 Å². The second-order valence-electron chi connectivity index (χ2n) is 13.1. The summed E-state index contributed by atoms with van der Waals surface area (Å²) in [5.41, 5.74) is 2.18. The summed E-state index contributed by atoms with van der Waals surface area (Å²) in [5.74, 6) is -2.04. The number of aryl methyl sites for hydroxylation is 1. The van der Waals surface area contributed by atoms with E-state index in [0.29, 0.717) is 22.0 Å². The Labute approximate surface area is 303 Å². The molecule has 5 N–H and O–H groups in total. The average Bonchev–Trinajstić information content (AvgIpc) is 3.89. The molecular formula is C36H38ClF3N8O4. The quantitative estimate of drug-likeness (QED) is 0.0925. The van der Waals surface area contributed by atoms with Gasteiger partial charge in [0.15, 0.2) is 6.61 Å². The highest BCUT2D eigenvalue weighted by molar-refractivity contribution is 6.39. The lowest BCUT2D eigenvalue weighted by molar-refractivity contribution is -0.154. The van der Waals surface area contributed by atoms with Crippen molar-refractivity contribution >= 4 is 52.6 Å². The smallest absolute Gasteiger partial charge is 0.422 e. The number of benzene rings is 3. The molecule has 16 heteroatoms. The Bertz CT molecular complexity index is 1890. The van der Waals surface area contributed by atoms with Gasteiger partial charge in [0.05, 0.1) is 5.54 Å². The van der Waals surface area contributed by atoms with E-state index in [1.165, 1.54) is 0 Å². The molecule has 1 aliphatic carbocycles. The van der Waals surface area contributed by atoms with Gasteiger partial charge in [-0.15, -0.1) is 0 Å². The lowest BCUT2D eigenvalue weighted by Crippen LogP contribution is -2.44. The maximum Gasteiger partial charge on any atom is 0.422 e. The maximum absolute atomic E-state index is 12.9. The van der Waals surface area contributed by atoms with Gasteiger partial charge in [0.2, 0.25) is 11.9 Å². The Balaban J connectivity index is 1.16. The van der Waals surface area contributed by atoms with E-state index in [9.17, 15) is 27.6 Å². The second-order valence-corrected chi connectivity index (χ2v) is 13.6. The summed E-state index contributed by atoms with van der Waals surface area (Å²) >= 11 is 6.03. The lowest BCUT2D eigenvalue weighted by atomic mass is 9.93. The van der Waals surface area contributed by atoms with E-state index < -0.39 is 41.6 Å². The molecule has 0 atom stereocenters. The molecule has 0 unspecified atom stereocenters. The van der Waals surface area contributed by atoms with E-state index in [1.54, 1.807) is 48.5 Å². The highest BCUT2D eigenvalue weighted by Crippen LogP contribution is 2.48. The van der Waals surface area contributed by atoms with Gasteiger partial charge in [0, 0.05) is 35.1 Å². The summed E-state index contributed by atoms with van der Waals surface area (Å²) in [6.45, 7) is 4.39. The summed E-state index contributed by atoms with van der Waals surface area (Å²) in [4.78, 5) is 50.1. The van der Waals surface area contributed by atoms with Crippen LogP contribution in [0.2, 0.25) is 5.02 Å². The van der Waals surface area contributed by atoms with Gasteiger partial charge < -0.3 is 31.3 Å². The number of hydrogen-bond acceptors (Lipinski definition) is 9. The van der Waals surface area contributed by atoms with Crippen LogP contribution in [-0.4, -0.2) is 58.5 Å². The molecule has 0 saturated heterocycles. The molecule has 0 aliphatic heterocycles. The third kappa shape index (κ3) is 10.8. The highest BCUT2D eigenvalue weighted by Gasteiger charge is 2.45. The largest absolute Gasteiger partial charge is 0.454 e. The third-order valence-electron chi connectivity index (χ3n) is 8.16. The van der Waals surface area contributed by atoms with Crippen LogP contribution in [0, 0.1) is 5.41 Å². The number of carbonyl (C=O) groups is 3. The van der Waals surface area contributed by atoms with Crippen molar-refractivity contribution in [2.45, 2.75) is 51.7 Å². The molecule has 0 spiro atoms. The first-order valence-electron chi connectivity index (χ1n) is 16.5. The number of rotatable bonds is 14. The molecule has 1 heterocycles. The van der Waals surface area contributed by atoms with Crippen molar-refractivity contribution in [2.75, 3.05) is 35.6 Å². The zero-order valence-electron chi connectivity index (χ0n) is 28.7. The van der Waals surface area contributed by atoms with E-state index in [1.807, 2.05) is 45.0 Å². The Kier molecular flexibility index (Phi) is 11.5. The first-order chi connectivity index (χ1) is 24.6. The van der Waals surface area contributed by atoms with Gasteiger partial charge in [-0.2, -0.15) is 28.1 Å². The van der Waals surface area contributed by atoms with Crippen LogP contribution >= 0.6 is 11.6 Å². The van der Waals surface area contributed by atoms with Gasteiger partial charge in [-0.25, -0.2) is 0 Å². The molecule has 3 aromatic carbocycles. The molecule has 0 radical (unpaired) electrons. The predicted octanol–water partition coefficient (Wildman–Crippen LogP) is 6.38. The standard InChI is InChI=1S/C36H38ClF3N8O4/c1-4-22-5-13-26(14-6-22)43-30(51)29(50)42-20-34(2,3)19-41-28(49)23-7-15-27(16-8-23)44-31-45-32(47-33(46-31)52-21-36(38,39)40)48-35(17-18-35)24-9-11-25(37)12-10-24/h5-16H,4,17-21H2,1-3H3,(H,41,49)(H,42,50)(H,43,51)(H2,44,45,46,47,48). The molecule has 1 fully saturated rings. The Morgan fingerprint density at radius 1 is 0.808 bits per heavy atom. The number of amides is 3. The molecule has 4 aromatic rings. The minimum Gasteiger partial charge on any atom is -0.454 e. The van der Waals surface area contributed by atoms with Crippen molar-refractivity contribution in [1.29, 1.82) is 0 Å². The van der Waals surface area contributed by atoms with Crippen molar-refractivity contribution in [2.24, 2.45) is 5.41 Å². The number of aromatic nitrogens is 3. The van der Waals surface area contributed by atoms with Crippen LogP contribution in [-0.2, 0) is 21.5 Å². The van der Waals surface area contributed by atoms with Crippen molar-refractivity contribution in [3.05, 3.63) is 94.5 Å². The zero-order valence-corrected chi connectivity index (χ0v) is 29.4. The van der Waals surface area contributed by atoms with Gasteiger partial charge in [-0.05, 0) is 84.3 Å². The van der Waals surface area contributed by atoms with Crippen LogP contribution in [0.15, 0.2) is 72.8 Å². The summed E-state index contributed by atoms with van der Waals surface area (Å²) in [6, 6.07) is 20.1. The first-order valence-corrected chi connectivity index (χ1v) is 16.8. The number of ether oxygens (including phenoxy) is 1. The molecule has 1 saturated carbocycles. The zero-order chi connectivity index (χ0) is 37.5. The molecule has 3 amide bonds. The van der Waals surface area contributed by atoms with Crippen LogP contribution in [0.25, 0.3) is 0 Å². The van der Waals surface area contributed by atoms with Gasteiger partial charge >= 0.3 is 24.0 Å². The molecule has 5 rings (SSSR count). The van der Waals surface area contributed by atoms with Crippen molar-refractivity contribution < 1.29 is 32.3 Å². The Morgan fingerprint density at radius 3 is 2.04 bits per heavy atom. The third-order valence-corrected chi connectivity index (χ3v) is 8.41. The number of anilines is 4.